The van der Waals surface area contributed by atoms with Crippen LogP contribution in [0.4, 0.5) is 13.2 Å². The van der Waals surface area contributed by atoms with Crippen molar-refractivity contribution in [3.05, 3.63) is 29.8 Å². The van der Waals surface area contributed by atoms with Crippen LogP contribution in [0.25, 0.3) is 0 Å². The third-order valence-corrected chi connectivity index (χ3v) is 1.98. The van der Waals surface area contributed by atoms with Gasteiger partial charge in [-0.2, -0.15) is 13.2 Å². The summed E-state index contributed by atoms with van der Waals surface area (Å²) < 4.78 is 41.1. The van der Waals surface area contributed by atoms with E-state index in [1.165, 1.54) is 13.2 Å². The molecule has 0 aliphatic heterocycles. The van der Waals surface area contributed by atoms with E-state index in [4.69, 9.17) is 9.84 Å². The second-order valence-electron chi connectivity index (χ2n) is 3.07. The van der Waals surface area contributed by atoms with E-state index in [1.807, 2.05) is 0 Å². The van der Waals surface area contributed by atoms with Gasteiger partial charge in [-0.15, -0.1) is 0 Å². The summed E-state index contributed by atoms with van der Waals surface area (Å²) in [5, 5.41) is 8.88. The van der Waals surface area contributed by atoms with Crippen molar-refractivity contribution in [3.8, 4) is 5.75 Å². The number of aliphatic hydroxyl groups is 1. The first-order chi connectivity index (χ1) is 6.95. The molecule has 0 radical (unpaired) electrons. The maximum atomic E-state index is 12.1. The van der Waals surface area contributed by atoms with E-state index in [9.17, 15) is 13.2 Å². The van der Waals surface area contributed by atoms with Gasteiger partial charge in [0.25, 0.3) is 0 Å². The van der Waals surface area contributed by atoms with Crippen LogP contribution in [0.1, 0.15) is 5.56 Å². The molecule has 0 amide bonds. The molecular formula is C10H11F3O2. The van der Waals surface area contributed by atoms with Crippen LogP contribution in [0, 0.1) is 0 Å². The fourth-order valence-electron chi connectivity index (χ4n) is 1.20. The van der Waals surface area contributed by atoms with Gasteiger partial charge in [0.15, 0.2) is 6.10 Å². The fourth-order valence-corrected chi connectivity index (χ4v) is 1.20. The fraction of sp³-hybridized carbons (Fsp3) is 0.400. The Morgan fingerprint density at radius 3 is 2.47 bits per heavy atom. The number of halogens is 3. The van der Waals surface area contributed by atoms with Crippen molar-refractivity contribution >= 4 is 0 Å². The highest BCUT2D eigenvalue weighted by atomic mass is 19.4. The van der Waals surface area contributed by atoms with Crippen LogP contribution in [-0.2, 0) is 6.42 Å². The predicted octanol–water partition coefficient (Wildman–Crippen LogP) is 2.16. The van der Waals surface area contributed by atoms with Crippen LogP contribution >= 0.6 is 0 Å². The summed E-state index contributed by atoms with van der Waals surface area (Å²) in [6.45, 7) is 0. The average Bonchev–Trinajstić information content (AvgIpc) is 2.17. The first-order valence-corrected chi connectivity index (χ1v) is 4.32. The molecule has 84 valence electrons. The Kier molecular flexibility index (Phi) is 3.57. The van der Waals surface area contributed by atoms with E-state index in [2.05, 4.69) is 0 Å². The van der Waals surface area contributed by atoms with Crippen LogP contribution in [0.15, 0.2) is 24.3 Å². The summed E-state index contributed by atoms with van der Waals surface area (Å²) >= 11 is 0. The van der Waals surface area contributed by atoms with E-state index in [-0.39, 0.29) is 0 Å². The molecule has 15 heavy (non-hydrogen) atoms. The van der Waals surface area contributed by atoms with E-state index in [0.717, 1.165) is 0 Å². The molecule has 5 heteroatoms. The lowest BCUT2D eigenvalue weighted by molar-refractivity contribution is -0.203. The number of alkyl halides is 3. The highest BCUT2D eigenvalue weighted by molar-refractivity contribution is 5.33. The topological polar surface area (TPSA) is 29.5 Å². The number of hydrogen-bond acceptors (Lipinski definition) is 2. The van der Waals surface area contributed by atoms with E-state index >= 15 is 0 Å². The highest BCUT2D eigenvalue weighted by Gasteiger charge is 2.38. The van der Waals surface area contributed by atoms with Crippen molar-refractivity contribution < 1.29 is 23.0 Å². The Labute approximate surface area is 85.3 Å². The van der Waals surface area contributed by atoms with Gasteiger partial charge in [-0.05, 0) is 11.6 Å². The molecule has 0 bridgehead atoms. The van der Waals surface area contributed by atoms with Gasteiger partial charge in [-0.3, -0.25) is 0 Å². The molecule has 1 rings (SSSR count). The Morgan fingerprint density at radius 2 is 1.93 bits per heavy atom. The normalized spacial score (nSPS) is 13.7. The molecule has 0 heterocycles. The number of aliphatic hydroxyl groups excluding tert-OH is 1. The average molecular weight is 220 g/mol. The zero-order valence-electron chi connectivity index (χ0n) is 8.08. The SMILES string of the molecule is COc1ccccc1C[C@@H](O)C(F)(F)F. The lowest BCUT2D eigenvalue weighted by atomic mass is 10.1. The minimum Gasteiger partial charge on any atom is -0.496 e. The van der Waals surface area contributed by atoms with Crippen molar-refractivity contribution in [2.45, 2.75) is 18.7 Å². The minimum absolute atomic E-state index is 0.338. The Hall–Kier alpha value is -1.23. The molecule has 0 aliphatic rings. The number of rotatable bonds is 3. The molecule has 0 aliphatic carbocycles. The maximum absolute atomic E-state index is 12.1. The minimum atomic E-state index is -4.60. The standard InChI is InChI=1S/C10H11F3O2/c1-15-8-5-3-2-4-7(8)6-9(14)10(11,12)13/h2-5,9,14H,6H2,1H3/t9-/m1/s1. The largest absolute Gasteiger partial charge is 0.496 e. The molecule has 0 saturated heterocycles. The monoisotopic (exact) mass is 220 g/mol. The van der Waals surface area contributed by atoms with Gasteiger partial charge in [-0.25, -0.2) is 0 Å². The van der Waals surface area contributed by atoms with E-state index in [0.29, 0.717) is 11.3 Å². The zero-order chi connectivity index (χ0) is 11.5. The van der Waals surface area contributed by atoms with Crippen LogP contribution in [0.2, 0.25) is 0 Å². The molecule has 1 atom stereocenters. The Balaban J connectivity index is 2.80. The van der Waals surface area contributed by atoms with Gasteiger partial charge < -0.3 is 9.84 Å². The van der Waals surface area contributed by atoms with Gasteiger partial charge >= 0.3 is 6.18 Å². The summed E-state index contributed by atoms with van der Waals surface area (Å²) in [5.41, 5.74) is 0.338. The number of para-hydroxylation sites is 1. The second kappa shape index (κ2) is 4.53. The summed E-state index contributed by atoms with van der Waals surface area (Å²) in [5.74, 6) is 0.348. The lowest BCUT2D eigenvalue weighted by Gasteiger charge is -2.15. The van der Waals surface area contributed by atoms with Gasteiger partial charge in [0.05, 0.1) is 7.11 Å². The number of ether oxygens (including phenoxy) is 1. The molecule has 2 nitrogen and oxygen atoms in total. The first-order valence-electron chi connectivity index (χ1n) is 4.32. The van der Waals surface area contributed by atoms with Crippen LogP contribution in [-0.4, -0.2) is 24.5 Å². The zero-order valence-corrected chi connectivity index (χ0v) is 8.08. The van der Waals surface area contributed by atoms with Gasteiger partial charge in [-0.1, -0.05) is 18.2 Å². The maximum Gasteiger partial charge on any atom is 0.414 e. The van der Waals surface area contributed by atoms with Crippen molar-refractivity contribution in [2.24, 2.45) is 0 Å². The van der Waals surface area contributed by atoms with Crippen molar-refractivity contribution in [1.82, 2.24) is 0 Å². The van der Waals surface area contributed by atoms with E-state index < -0.39 is 18.7 Å². The van der Waals surface area contributed by atoms with Crippen LogP contribution in [0.3, 0.4) is 0 Å². The Bertz CT molecular complexity index is 323. The molecule has 0 spiro atoms. The smallest absolute Gasteiger partial charge is 0.414 e. The Morgan fingerprint density at radius 1 is 1.33 bits per heavy atom. The number of methoxy groups -OCH3 is 1. The number of benzene rings is 1. The molecule has 0 aromatic heterocycles. The molecule has 1 N–H and O–H groups in total. The predicted molar refractivity (Wildman–Crippen MR) is 48.8 cm³/mol. The first kappa shape index (κ1) is 11.8. The summed E-state index contributed by atoms with van der Waals surface area (Å²) in [6.07, 6.45) is -7.44. The molecule has 0 saturated carbocycles. The van der Waals surface area contributed by atoms with Crippen LogP contribution in [0.5, 0.6) is 5.75 Å². The highest BCUT2D eigenvalue weighted by Crippen LogP contribution is 2.26. The second-order valence-corrected chi connectivity index (χ2v) is 3.07. The lowest BCUT2D eigenvalue weighted by Crippen LogP contribution is -2.30. The molecule has 0 unspecified atom stereocenters. The molecular weight excluding hydrogens is 209 g/mol. The summed E-state index contributed by atoms with van der Waals surface area (Å²) in [6, 6.07) is 6.30. The van der Waals surface area contributed by atoms with Crippen molar-refractivity contribution in [3.63, 3.8) is 0 Å². The van der Waals surface area contributed by atoms with E-state index in [1.54, 1.807) is 18.2 Å². The molecule has 0 fully saturated rings. The van der Waals surface area contributed by atoms with Gasteiger partial charge in [0, 0.05) is 6.42 Å². The van der Waals surface area contributed by atoms with Gasteiger partial charge in [0.1, 0.15) is 5.75 Å². The summed E-state index contributed by atoms with van der Waals surface area (Å²) in [4.78, 5) is 0. The van der Waals surface area contributed by atoms with Crippen molar-refractivity contribution in [1.29, 1.82) is 0 Å². The molecule has 1 aromatic carbocycles. The van der Waals surface area contributed by atoms with Crippen LogP contribution < -0.4 is 4.74 Å². The van der Waals surface area contributed by atoms with Crippen molar-refractivity contribution in [2.75, 3.05) is 7.11 Å². The summed E-state index contributed by atoms with van der Waals surface area (Å²) in [7, 11) is 1.37. The quantitative estimate of drug-likeness (QED) is 0.845. The third kappa shape index (κ3) is 3.13. The van der Waals surface area contributed by atoms with Gasteiger partial charge in [0.2, 0.25) is 0 Å². The molecule has 1 aromatic rings. The number of hydrogen-bond donors (Lipinski definition) is 1. The third-order valence-electron chi connectivity index (χ3n) is 1.98.